The summed E-state index contributed by atoms with van der Waals surface area (Å²) in [7, 11) is -1.39. The molecule has 1 N–H and O–H groups in total. The summed E-state index contributed by atoms with van der Waals surface area (Å²) >= 11 is 5.79. The van der Waals surface area contributed by atoms with Crippen molar-refractivity contribution < 1.29 is 9.90 Å². The number of aliphatic carboxylic acids is 1. The van der Waals surface area contributed by atoms with Crippen LogP contribution in [0, 0.1) is 0 Å². The molecule has 0 aliphatic carbocycles. The monoisotopic (exact) mass is 256 g/mol. The molecule has 0 aliphatic rings. The minimum atomic E-state index is -1.39. The predicted octanol–water partition coefficient (Wildman–Crippen LogP) is 3.85. The third-order valence-electron chi connectivity index (χ3n) is 2.39. The predicted molar refractivity (Wildman–Crippen MR) is 70.0 cm³/mol. The summed E-state index contributed by atoms with van der Waals surface area (Å²) in [6.07, 6.45) is 0. The molecule has 0 aliphatic heterocycles. The van der Waals surface area contributed by atoms with Crippen LogP contribution in [0.4, 0.5) is 0 Å². The molecular formula is C12H17ClO2Si. The molecule has 0 fully saturated rings. The fourth-order valence-corrected chi connectivity index (χ4v) is 3.42. The maximum atomic E-state index is 11.3. The molecule has 1 unspecified atom stereocenters. The van der Waals surface area contributed by atoms with E-state index in [4.69, 9.17) is 11.6 Å². The molecule has 88 valence electrons. The zero-order chi connectivity index (χ0) is 12.3. The first-order valence-electron chi connectivity index (χ1n) is 5.28. The topological polar surface area (TPSA) is 37.3 Å². The highest BCUT2D eigenvalue weighted by molar-refractivity contribution is 6.76. The van der Waals surface area contributed by atoms with Gasteiger partial charge in [0, 0.05) is 13.1 Å². The van der Waals surface area contributed by atoms with Gasteiger partial charge in [-0.25, -0.2) is 0 Å². The molecule has 1 aromatic carbocycles. The fraction of sp³-hybridized carbons (Fsp3) is 0.417. The molecule has 4 heteroatoms. The van der Waals surface area contributed by atoms with Crippen LogP contribution in [0.25, 0.3) is 0 Å². The Kier molecular flexibility index (Phi) is 4.16. The van der Waals surface area contributed by atoms with Gasteiger partial charge in [0.2, 0.25) is 0 Å². The Hall–Kier alpha value is -0.803. The van der Waals surface area contributed by atoms with Crippen molar-refractivity contribution in [1.29, 1.82) is 0 Å². The summed E-state index contributed by atoms with van der Waals surface area (Å²) in [4.78, 5) is 11.3. The van der Waals surface area contributed by atoms with Gasteiger partial charge in [-0.2, -0.15) is 0 Å². The number of carboxylic acid groups (broad SMARTS) is 1. The Labute approximate surface area is 102 Å². The average Bonchev–Trinajstić information content (AvgIpc) is 2.14. The van der Waals surface area contributed by atoms with Crippen molar-refractivity contribution in [2.45, 2.75) is 31.6 Å². The van der Waals surface area contributed by atoms with Gasteiger partial charge in [-0.3, -0.25) is 4.79 Å². The Morgan fingerprint density at radius 1 is 1.31 bits per heavy atom. The van der Waals surface area contributed by atoms with Crippen LogP contribution < -0.4 is 0 Å². The van der Waals surface area contributed by atoms with Gasteiger partial charge >= 0.3 is 5.97 Å². The Balaban J connectivity index is 2.94. The summed E-state index contributed by atoms with van der Waals surface area (Å²) in [5.41, 5.74) is 0.847. The van der Waals surface area contributed by atoms with Crippen molar-refractivity contribution in [3.05, 3.63) is 34.9 Å². The third-order valence-corrected chi connectivity index (χ3v) is 4.27. The van der Waals surface area contributed by atoms with E-state index in [9.17, 15) is 9.90 Å². The van der Waals surface area contributed by atoms with Gasteiger partial charge in [0.15, 0.2) is 0 Å². The molecule has 1 rings (SSSR count). The highest BCUT2D eigenvalue weighted by Crippen LogP contribution is 2.27. The van der Waals surface area contributed by atoms with Crippen LogP contribution in [0.5, 0.6) is 0 Å². The van der Waals surface area contributed by atoms with Gasteiger partial charge in [0.05, 0.1) is 5.92 Å². The highest BCUT2D eigenvalue weighted by atomic mass is 35.5. The van der Waals surface area contributed by atoms with Gasteiger partial charge in [0.1, 0.15) is 0 Å². The highest BCUT2D eigenvalue weighted by Gasteiger charge is 2.27. The average molecular weight is 257 g/mol. The first-order valence-corrected chi connectivity index (χ1v) is 9.36. The SMILES string of the molecule is C[Si](C)(C)CC(C(=O)O)c1ccc(Cl)cc1. The molecule has 0 heterocycles. The van der Waals surface area contributed by atoms with E-state index in [1.807, 2.05) is 0 Å². The van der Waals surface area contributed by atoms with E-state index < -0.39 is 20.0 Å². The van der Waals surface area contributed by atoms with Crippen LogP contribution in [0.15, 0.2) is 24.3 Å². The number of benzene rings is 1. The van der Waals surface area contributed by atoms with Crippen molar-refractivity contribution in [2.75, 3.05) is 0 Å². The minimum absolute atomic E-state index is 0.399. The lowest BCUT2D eigenvalue weighted by molar-refractivity contribution is -0.138. The third kappa shape index (κ3) is 3.98. The van der Waals surface area contributed by atoms with Crippen molar-refractivity contribution in [3.63, 3.8) is 0 Å². The van der Waals surface area contributed by atoms with Gasteiger partial charge < -0.3 is 5.11 Å². The van der Waals surface area contributed by atoms with Gasteiger partial charge in [-0.1, -0.05) is 43.4 Å². The second-order valence-corrected chi connectivity index (χ2v) is 11.2. The van der Waals surface area contributed by atoms with Crippen LogP contribution in [-0.4, -0.2) is 19.1 Å². The van der Waals surface area contributed by atoms with Gasteiger partial charge in [-0.15, -0.1) is 0 Å². The Bertz CT molecular complexity index is 368. The summed E-state index contributed by atoms with van der Waals surface area (Å²) in [5.74, 6) is -1.14. The lowest BCUT2D eigenvalue weighted by Gasteiger charge is -2.21. The van der Waals surface area contributed by atoms with Crippen molar-refractivity contribution in [2.24, 2.45) is 0 Å². The van der Waals surface area contributed by atoms with Crippen molar-refractivity contribution in [1.82, 2.24) is 0 Å². The van der Waals surface area contributed by atoms with Crippen LogP contribution in [-0.2, 0) is 4.79 Å². The molecule has 2 nitrogen and oxygen atoms in total. The molecule has 0 saturated carbocycles. The maximum Gasteiger partial charge on any atom is 0.310 e. The fourth-order valence-electron chi connectivity index (χ4n) is 1.66. The second kappa shape index (κ2) is 5.02. The molecule has 0 radical (unpaired) electrons. The zero-order valence-corrected chi connectivity index (χ0v) is 11.6. The van der Waals surface area contributed by atoms with Crippen LogP contribution in [0.1, 0.15) is 11.5 Å². The van der Waals surface area contributed by atoms with E-state index in [0.29, 0.717) is 5.02 Å². The molecule has 0 aromatic heterocycles. The molecule has 0 spiro atoms. The maximum absolute atomic E-state index is 11.3. The quantitative estimate of drug-likeness (QED) is 0.831. The minimum Gasteiger partial charge on any atom is -0.481 e. The summed E-state index contributed by atoms with van der Waals surface area (Å²) in [6.45, 7) is 6.54. The summed E-state index contributed by atoms with van der Waals surface area (Å²) in [6, 6.07) is 7.86. The van der Waals surface area contributed by atoms with Gasteiger partial charge in [-0.05, 0) is 23.7 Å². The lowest BCUT2D eigenvalue weighted by atomic mass is 10.0. The van der Waals surface area contributed by atoms with E-state index in [0.717, 1.165) is 11.6 Å². The van der Waals surface area contributed by atoms with Crippen LogP contribution >= 0.6 is 11.6 Å². The Morgan fingerprint density at radius 2 is 1.81 bits per heavy atom. The summed E-state index contributed by atoms with van der Waals surface area (Å²) in [5, 5.41) is 9.89. The van der Waals surface area contributed by atoms with Crippen molar-refractivity contribution >= 4 is 25.6 Å². The number of carbonyl (C=O) groups is 1. The number of hydrogen-bond acceptors (Lipinski definition) is 1. The van der Waals surface area contributed by atoms with Crippen LogP contribution in [0.2, 0.25) is 30.7 Å². The van der Waals surface area contributed by atoms with E-state index >= 15 is 0 Å². The zero-order valence-electron chi connectivity index (χ0n) is 9.83. The van der Waals surface area contributed by atoms with E-state index in [-0.39, 0.29) is 0 Å². The number of carboxylic acids is 1. The first-order chi connectivity index (χ1) is 7.29. The molecule has 1 aromatic rings. The van der Waals surface area contributed by atoms with E-state index in [1.54, 1.807) is 24.3 Å². The molecule has 16 heavy (non-hydrogen) atoms. The number of halogens is 1. The van der Waals surface area contributed by atoms with E-state index in [2.05, 4.69) is 19.6 Å². The standard InChI is InChI=1S/C12H17ClO2Si/c1-16(2,3)8-11(12(14)15)9-4-6-10(13)7-5-9/h4-7,11H,8H2,1-3H3,(H,14,15). The van der Waals surface area contributed by atoms with Gasteiger partial charge in [0.25, 0.3) is 0 Å². The smallest absolute Gasteiger partial charge is 0.310 e. The molecule has 0 bridgehead atoms. The molecule has 0 amide bonds. The number of rotatable bonds is 4. The Morgan fingerprint density at radius 3 is 2.19 bits per heavy atom. The first kappa shape index (κ1) is 13.3. The second-order valence-electron chi connectivity index (χ2n) is 5.21. The molecule has 1 atom stereocenters. The normalized spacial score (nSPS) is 13.5. The summed E-state index contributed by atoms with van der Waals surface area (Å²) < 4.78 is 0. The largest absolute Gasteiger partial charge is 0.481 e. The number of hydrogen-bond donors (Lipinski definition) is 1. The van der Waals surface area contributed by atoms with Crippen molar-refractivity contribution in [3.8, 4) is 0 Å². The van der Waals surface area contributed by atoms with Crippen LogP contribution in [0.3, 0.4) is 0 Å². The molecule has 0 saturated heterocycles. The molecular weight excluding hydrogens is 240 g/mol. The van der Waals surface area contributed by atoms with E-state index in [1.165, 1.54) is 0 Å². The lowest BCUT2D eigenvalue weighted by Crippen LogP contribution is -2.26.